The van der Waals surface area contributed by atoms with Crippen molar-refractivity contribution in [1.82, 2.24) is 10.7 Å². The number of carbonyl (C=O) groups is 2. The summed E-state index contributed by atoms with van der Waals surface area (Å²) in [6.07, 6.45) is 0.331. The normalized spacial score (nSPS) is 11.0. The maximum absolute atomic E-state index is 12.2. The van der Waals surface area contributed by atoms with Crippen LogP contribution in [0, 0.1) is 0 Å². The fourth-order valence-corrected chi connectivity index (χ4v) is 3.11. The third-order valence-electron chi connectivity index (χ3n) is 4.86. The average Bonchev–Trinajstić information content (AvgIpc) is 2.83. The van der Waals surface area contributed by atoms with Gasteiger partial charge in [0.25, 0.3) is 0 Å². The van der Waals surface area contributed by atoms with Crippen molar-refractivity contribution < 1.29 is 14.3 Å². The fraction of sp³-hybridized carbons (Fsp3) is 0.192. The average molecular weight is 430 g/mol. The number of carbonyl (C=O) groups excluding carboxylic acids is 2. The van der Waals surface area contributed by atoms with Gasteiger partial charge in [0.1, 0.15) is 5.75 Å². The van der Waals surface area contributed by atoms with Crippen LogP contribution in [-0.2, 0) is 22.6 Å². The van der Waals surface area contributed by atoms with Crippen LogP contribution in [0.2, 0.25) is 0 Å². The maximum Gasteiger partial charge on any atom is 0.244 e. The van der Waals surface area contributed by atoms with Gasteiger partial charge in [0.15, 0.2) is 0 Å². The smallest absolute Gasteiger partial charge is 0.244 e. The van der Waals surface area contributed by atoms with Gasteiger partial charge >= 0.3 is 0 Å². The van der Waals surface area contributed by atoms with E-state index >= 15 is 0 Å². The summed E-state index contributed by atoms with van der Waals surface area (Å²) in [4.78, 5) is 24.3. The largest absolute Gasteiger partial charge is 0.497 e. The molecule has 0 aliphatic rings. The second-order valence-electron chi connectivity index (χ2n) is 7.42. The number of nitrogens with zero attached hydrogens (tertiary/aromatic N) is 1. The van der Waals surface area contributed by atoms with E-state index in [4.69, 9.17) is 4.74 Å². The third kappa shape index (κ3) is 7.09. The standard InChI is InChI=1S/C26H27N3O3/c1-19(16-25(30)27-18-21-10-14-24(32-2)15-11-21)28-29-26(31)17-20-8-12-23(13-9-20)22-6-4-3-5-7-22/h3-15H,16-18H2,1-2H3,(H,27,30)(H,29,31)/b28-19-. The van der Waals surface area contributed by atoms with Gasteiger partial charge in [-0.05, 0) is 41.3 Å². The van der Waals surface area contributed by atoms with Crippen LogP contribution in [0.15, 0.2) is 84.0 Å². The van der Waals surface area contributed by atoms with Crippen LogP contribution in [0.1, 0.15) is 24.5 Å². The Hall–Kier alpha value is -3.93. The molecule has 3 aromatic carbocycles. The van der Waals surface area contributed by atoms with Gasteiger partial charge in [-0.25, -0.2) is 5.43 Å². The van der Waals surface area contributed by atoms with Crippen LogP contribution >= 0.6 is 0 Å². The van der Waals surface area contributed by atoms with E-state index in [1.807, 2.05) is 78.9 Å². The number of methoxy groups -OCH3 is 1. The molecule has 2 amide bonds. The number of benzene rings is 3. The number of hydrogen-bond acceptors (Lipinski definition) is 4. The van der Waals surface area contributed by atoms with Crippen molar-refractivity contribution in [2.45, 2.75) is 26.3 Å². The quantitative estimate of drug-likeness (QED) is 0.397. The molecule has 6 nitrogen and oxygen atoms in total. The summed E-state index contributed by atoms with van der Waals surface area (Å²) >= 11 is 0. The summed E-state index contributed by atoms with van der Waals surface area (Å²) in [5.74, 6) is 0.384. The first-order chi connectivity index (χ1) is 15.5. The van der Waals surface area contributed by atoms with Crippen molar-refractivity contribution in [2.24, 2.45) is 5.10 Å². The number of rotatable bonds is 9. The predicted molar refractivity (Wildman–Crippen MR) is 126 cm³/mol. The second kappa shape index (κ2) is 11.5. The monoisotopic (exact) mass is 429 g/mol. The van der Waals surface area contributed by atoms with Crippen LogP contribution < -0.4 is 15.5 Å². The molecule has 0 fully saturated rings. The molecule has 0 saturated carbocycles. The van der Waals surface area contributed by atoms with Crippen molar-refractivity contribution in [3.05, 3.63) is 90.0 Å². The van der Waals surface area contributed by atoms with E-state index in [1.165, 1.54) is 0 Å². The van der Waals surface area contributed by atoms with E-state index < -0.39 is 0 Å². The van der Waals surface area contributed by atoms with Gasteiger partial charge in [-0.1, -0.05) is 66.7 Å². The number of hydrazone groups is 1. The van der Waals surface area contributed by atoms with Crippen molar-refractivity contribution in [2.75, 3.05) is 7.11 Å². The molecule has 32 heavy (non-hydrogen) atoms. The highest BCUT2D eigenvalue weighted by atomic mass is 16.5. The highest BCUT2D eigenvalue weighted by Gasteiger charge is 2.07. The summed E-state index contributed by atoms with van der Waals surface area (Å²) < 4.78 is 5.12. The van der Waals surface area contributed by atoms with Gasteiger partial charge in [0.05, 0.1) is 20.0 Å². The Bertz CT molecular complexity index is 1060. The lowest BCUT2D eigenvalue weighted by molar-refractivity contribution is -0.121. The minimum Gasteiger partial charge on any atom is -0.497 e. The molecular weight excluding hydrogens is 402 g/mol. The molecule has 0 aromatic heterocycles. The Morgan fingerprint density at radius 2 is 1.44 bits per heavy atom. The zero-order valence-corrected chi connectivity index (χ0v) is 18.3. The SMILES string of the molecule is COc1ccc(CNC(=O)C/C(C)=N\NC(=O)Cc2ccc(-c3ccccc3)cc2)cc1. The molecule has 0 saturated heterocycles. The minimum atomic E-state index is -0.226. The van der Waals surface area contributed by atoms with Crippen molar-refractivity contribution >= 4 is 17.5 Å². The molecule has 0 aliphatic carbocycles. The molecule has 2 N–H and O–H groups in total. The molecule has 164 valence electrons. The van der Waals surface area contributed by atoms with E-state index in [0.29, 0.717) is 12.3 Å². The number of hydrogen-bond donors (Lipinski definition) is 2. The summed E-state index contributed by atoms with van der Waals surface area (Å²) in [6, 6.07) is 25.4. The molecule has 0 unspecified atom stereocenters. The minimum absolute atomic E-state index is 0.113. The van der Waals surface area contributed by atoms with Gasteiger partial charge in [-0.3, -0.25) is 9.59 Å². The van der Waals surface area contributed by atoms with Gasteiger partial charge in [-0.2, -0.15) is 5.10 Å². The zero-order valence-electron chi connectivity index (χ0n) is 18.3. The van der Waals surface area contributed by atoms with Crippen LogP contribution in [0.4, 0.5) is 0 Å². The molecule has 0 spiro atoms. The highest BCUT2D eigenvalue weighted by Crippen LogP contribution is 2.19. The van der Waals surface area contributed by atoms with Crippen molar-refractivity contribution in [1.29, 1.82) is 0 Å². The Morgan fingerprint density at radius 3 is 2.09 bits per heavy atom. The summed E-state index contributed by atoms with van der Waals surface area (Å²) in [7, 11) is 1.61. The number of amides is 2. The lowest BCUT2D eigenvalue weighted by Gasteiger charge is -2.07. The van der Waals surface area contributed by atoms with Crippen LogP contribution in [0.25, 0.3) is 11.1 Å². The van der Waals surface area contributed by atoms with E-state index in [9.17, 15) is 9.59 Å². The third-order valence-corrected chi connectivity index (χ3v) is 4.86. The lowest BCUT2D eigenvalue weighted by Crippen LogP contribution is -2.26. The van der Waals surface area contributed by atoms with Crippen LogP contribution in [0.5, 0.6) is 5.75 Å². The molecule has 3 aromatic rings. The predicted octanol–water partition coefficient (Wildman–Crippen LogP) is 4.10. The Labute approximate surface area is 188 Å². The fourth-order valence-electron chi connectivity index (χ4n) is 3.11. The first-order valence-electron chi connectivity index (χ1n) is 10.4. The topological polar surface area (TPSA) is 79.8 Å². The van der Waals surface area contributed by atoms with E-state index in [0.717, 1.165) is 28.0 Å². The summed E-state index contributed by atoms with van der Waals surface area (Å²) in [6.45, 7) is 2.13. The summed E-state index contributed by atoms with van der Waals surface area (Å²) in [5.41, 5.74) is 7.16. The zero-order chi connectivity index (χ0) is 22.8. The number of ether oxygens (including phenoxy) is 1. The van der Waals surface area contributed by atoms with E-state index in [-0.39, 0.29) is 24.7 Å². The molecule has 3 rings (SSSR count). The lowest BCUT2D eigenvalue weighted by atomic mass is 10.0. The van der Waals surface area contributed by atoms with Gasteiger partial charge < -0.3 is 10.1 Å². The van der Waals surface area contributed by atoms with Gasteiger partial charge in [0.2, 0.25) is 11.8 Å². The molecule has 0 aliphatic heterocycles. The maximum atomic E-state index is 12.2. The molecule has 6 heteroatoms. The van der Waals surface area contributed by atoms with Gasteiger partial charge in [0, 0.05) is 12.3 Å². The Balaban J connectivity index is 1.42. The molecule has 0 atom stereocenters. The highest BCUT2D eigenvalue weighted by molar-refractivity contribution is 6.00. The van der Waals surface area contributed by atoms with Crippen LogP contribution in [-0.4, -0.2) is 24.6 Å². The second-order valence-corrected chi connectivity index (χ2v) is 7.42. The van der Waals surface area contributed by atoms with Crippen molar-refractivity contribution in [3.8, 4) is 16.9 Å². The molecule has 0 radical (unpaired) electrons. The number of nitrogens with one attached hydrogen (secondary N) is 2. The Kier molecular flexibility index (Phi) is 8.15. The summed E-state index contributed by atoms with van der Waals surface area (Å²) in [5, 5.41) is 6.88. The first-order valence-corrected chi connectivity index (χ1v) is 10.4. The van der Waals surface area contributed by atoms with E-state index in [1.54, 1.807) is 14.0 Å². The molecule has 0 bridgehead atoms. The Morgan fingerprint density at radius 1 is 0.812 bits per heavy atom. The first kappa shape index (κ1) is 22.7. The molecular formula is C26H27N3O3. The molecule has 0 heterocycles. The van der Waals surface area contributed by atoms with Crippen molar-refractivity contribution in [3.63, 3.8) is 0 Å². The van der Waals surface area contributed by atoms with Gasteiger partial charge in [-0.15, -0.1) is 0 Å². The van der Waals surface area contributed by atoms with E-state index in [2.05, 4.69) is 15.8 Å². The van der Waals surface area contributed by atoms with Crippen LogP contribution in [0.3, 0.4) is 0 Å².